The fourth-order valence-electron chi connectivity index (χ4n) is 2.55. The normalized spacial score (nSPS) is 18.4. The molecule has 0 aromatic heterocycles. The molecule has 0 aliphatic carbocycles. The van der Waals surface area contributed by atoms with Crippen LogP contribution in [0.4, 0.5) is 5.69 Å². The topological polar surface area (TPSA) is 49.6 Å². The molecule has 0 N–H and O–H groups in total. The van der Waals surface area contributed by atoms with Crippen molar-refractivity contribution in [1.82, 2.24) is 9.80 Å². The fraction of sp³-hybridized carbons (Fsp3) is 0.467. The van der Waals surface area contributed by atoms with E-state index in [0.717, 1.165) is 31.7 Å². The van der Waals surface area contributed by atoms with Crippen LogP contribution in [0.15, 0.2) is 24.3 Å². The summed E-state index contributed by atoms with van der Waals surface area (Å²) in [5.41, 5.74) is 1.14. The van der Waals surface area contributed by atoms with Crippen molar-refractivity contribution in [3.05, 3.63) is 39.9 Å². The molecule has 0 amide bonds. The van der Waals surface area contributed by atoms with Gasteiger partial charge in [0.25, 0.3) is 5.69 Å². The third-order valence-electron chi connectivity index (χ3n) is 3.83. The Morgan fingerprint density at radius 3 is 2.70 bits per heavy atom. The van der Waals surface area contributed by atoms with Crippen molar-refractivity contribution < 1.29 is 4.92 Å². The third-order valence-corrected chi connectivity index (χ3v) is 3.83. The monoisotopic (exact) mass is 273 g/mol. The smallest absolute Gasteiger partial charge is 0.269 e. The Balaban J connectivity index is 2.02. The van der Waals surface area contributed by atoms with Crippen LogP contribution in [-0.2, 0) is 0 Å². The highest BCUT2D eigenvalue weighted by atomic mass is 16.6. The molecule has 2 rings (SSSR count). The molecular weight excluding hydrogens is 254 g/mol. The zero-order chi connectivity index (χ0) is 14.5. The summed E-state index contributed by atoms with van der Waals surface area (Å²) < 4.78 is 0. The number of rotatable bonds is 4. The molecule has 20 heavy (non-hydrogen) atoms. The van der Waals surface area contributed by atoms with Gasteiger partial charge in [-0.15, -0.1) is 6.42 Å². The minimum Gasteiger partial charge on any atom is -0.294 e. The van der Waals surface area contributed by atoms with Crippen LogP contribution in [0.1, 0.15) is 18.5 Å². The summed E-state index contributed by atoms with van der Waals surface area (Å²) in [4.78, 5) is 15.1. The van der Waals surface area contributed by atoms with E-state index in [2.05, 4.69) is 22.6 Å². The molecule has 1 aliphatic heterocycles. The molecule has 0 radical (unpaired) electrons. The predicted molar refractivity (Wildman–Crippen MR) is 78.4 cm³/mol. The van der Waals surface area contributed by atoms with Crippen molar-refractivity contribution in [3.8, 4) is 12.3 Å². The minimum absolute atomic E-state index is 0.153. The molecule has 5 nitrogen and oxygen atoms in total. The molecule has 5 heteroatoms. The van der Waals surface area contributed by atoms with E-state index in [0.29, 0.717) is 6.54 Å². The van der Waals surface area contributed by atoms with Gasteiger partial charge >= 0.3 is 0 Å². The molecule has 1 heterocycles. The molecule has 1 aliphatic rings. The Hall–Kier alpha value is -1.90. The quantitative estimate of drug-likeness (QED) is 0.477. The van der Waals surface area contributed by atoms with Crippen LogP contribution in [0.3, 0.4) is 0 Å². The molecule has 1 fully saturated rings. The Morgan fingerprint density at radius 1 is 1.40 bits per heavy atom. The fourth-order valence-corrected chi connectivity index (χ4v) is 2.55. The van der Waals surface area contributed by atoms with Crippen LogP contribution in [0.2, 0.25) is 0 Å². The largest absolute Gasteiger partial charge is 0.294 e. The van der Waals surface area contributed by atoms with Crippen molar-refractivity contribution in [2.75, 3.05) is 32.7 Å². The van der Waals surface area contributed by atoms with Gasteiger partial charge in [-0.1, -0.05) is 18.1 Å². The lowest BCUT2D eigenvalue weighted by Gasteiger charge is -2.37. The Labute approximate surface area is 119 Å². The summed E-state index contributed by atoms with van der Waals surface area (Å²) in [5, 5.41) is 10.8. The van der Waals surface area contributed by atoms with Crippen molar-refractivity contribution in [2.45, 2.75) is 13.0 Å². The lowest BCUT2D eigenvalue weighted by molar-refractivity contribution is -0.385. The van der Waals surface area contributed by atoms with Gasteiger partial charge < -0.3 is 0 Å². The van der Waals surface area contributed by atoms with Crippen LogP contribution >= 0.6 is 0 Å². The minimum atomic E-state index is -0.346. The van der Waals surface area contributed by atoms with Gasteiger partial charge in [0.05, 0.1) is 11.5 Å². The number of non-ortho nitro benzene ring substituents is 1. The van der Waals surface area contributed by atoms with Crippen LogP contribution in [-0.4, -0.2) is 47.4 Å². The first-order valence-electron chi connectivity index (χ1n) is 6.76. The van der Waals surface area contributed by atoms with E-state index in [1.165, 1.54) is 6.07 Å². The summed E-state index contributed by atoms with van der Waals surface area (Å²) in [6, 6.07) is 7.08. The van der Waals surface area contributed by atoms with Gasteiger partial charge in [0.15, 0.2) is 0 Å². The lowest BCUT2D eigenvalue weighted by Crippen LogP contribution is -2.47. The number of piperazine rings is 1. The maximum Gasteiger partial charge on any atom is 0.269 e. The maximum absolute atomic E-state index is 10.8. The lowest BCUT2D eigenvalue weighted by atomic mass is 10.1. The second-order valence-electron chi connectivity index (χ2n) is 5.04. The second kappa shape index (κ2) is 6.51. The number of hydrogen-bond donors (Lipinski definition) is 0. The summed E-state index contributed by atoms with van der Waals surface area (Å²) in [6.07, 6.45) is 5.32. The summed E-state index contributed by atoms with van der Waals surface area (Å²) in [6.45, 7) is 6.55. The highest BCUT2D eigenvalue weighted by Crippen LogP contribution is 2.24. The SMILES string of the molecule is C#CCN1CCN([C@H](C)c2cccc([N+](=O)[O-])c2)CC1. The van der Waals surface area contributed by atoms with Gasteiger partial charge in [-0.05, 0) is 12.5 Å². The van der Waals surface area contributed by atoms with Gasteiger partial charge in [-0.2, -0.15) is 0 Å². The predicted octanol–water partition coefficient (Wildman–Crippen LogP) is 1.91. The number of terminal acetylenes is 1. The van der Waals surface area contributed by atoms with E-state index in [9.17, 15) is 10.1 Å². The average Bonchev–Trinajstić information content (AvgIpc) is 2.48. The number of nitro benzene ring substituents is 1. The third kappa shape index (κ3) is 3.35. The molecule has 0 unspecified atom stereocenters. The molecule has 1 aromatic rings. The van der Waals surface area contributed by atoms with Crippen molar-refractivity contribution >= 4 is 5.69 Å². The molecule has 1 atom stereocenters. The summed E-state index contributed by atoms with van der Waals surface area (Å²) >= 11 is 0. The van der Waals surface area contributed by atoms with E-state index in [1.54, 1.807) is 12.1 Å². The van der Waals surface area contributed by atoms with Gasteiger partial charge in [0, 0.05) is 44.4 Å². The number of benzene rings is 1. The Bertz CT molecular complexity index is 516. The number of nitro groups is 1. The van der Waals surface area contributed by atoms with Crippen LogP contribution in [0.5, 0.6) is 0 Å². The van der Waals surface area contributed by atoms with E-state index in [1.807, 2.05) is 6.07 Å². The zero-order valence-corrected chi connectivity index (χ0v) is 11.7. The van der Waals surface area contributed by atoms with E-state index in [4.69, 9.17) is 6.42 Å². The second-order valence-corrected chi connectivity index (χ2v) is 5.04. The highest BCUT2D eigenvalue weighted by molar-refractivity contribution is 5.35. The van der Waals surface area contributed by atoms with E-state index in [-0.39, 0.29) is 16.7 Å². The average molecular weight is 273 g/mol. The first-order chi connectivity index (χ1) is 9.61. The molecule has 1 saturated heterocycles. The first kappa shape index (κ1) is 14.5. The Morgan fingerprint density at radius 2 is 2.10 bits per heavy atom. The zero-order valence-electron chi connectivity index (χ0n) is 11.7. The van der Waals surface area contributed by atoms with Gasteiger partial charge in [-0.3, -0.25) is 19.9 Å². The van der Waals surface area contributed by atoms with Gasteiger partial charge in [0.2, 0.25) is 0 Å². The van der Waals surface area contributed by atoms with Crippen molar-refractivity contribution in [3.63, 3.8) is 0 Å². The molecular formula is C15H19N3O2. The summed E-state index contributed by atoms with van der Waals surface area (Å²) in [7, 11) is 0. The highest BCUT2D eigenvalue weighted by Gasteiger charge is 2.22. The van der Waals surface area contributed by atoms with Gasteiger partial charge in [0.1, 0.15) is 0 Å². The Kier molecular flexibility index (Phi) is 4.72. The van der Waals surface area contributed by atoms with Crippen molar-refractivity contribution in [2.24, 2.45) is 0 Å². The molecule has 0 bridgehead atoms. The van der Waals surface area contributed by atoms with Crippen LogP contribution < -0.4 is 0 Å². The first-order valence-corrected chi connectivity index (χ1v) is 6.76. The van der Waals surface area contributed by atoms with Gasteiger partial charge in [-0.25, -0.2) is 0 Å². The maximum atomic E-state index is 10.8. The molecule has 1 aromatic carbocycles. The standard InChI is InChI=1S/C15H19N3O2/c1-3-7-16-8-10-17(11-9-16)13(2)14-5-4-6-15(12-14)18(19)20/h1,4-6,12-13H,7-11H2,2H3/t13-/m1/s1. The molecule has 0 saturated carbocycles. The van der Waals surface area contributed by atoms with E-state index >= 15 is 0 Å². The molecule has 106 valence electrons. The van der Waals surface area contributed by atoms with E-state index < -0.39 is 0 Å². The van der Waals surface area contributed by atoms with Crippen LogP contribution in [0, 0.1) is 22.5 Å². The number of nitrogens with zero attached hydrogens (tertiary/aromatic N) is 3. The molecule has 0 spiro atoms. The number of hydrogen-bond acceptors (Lipinski definition) is 4. The van der Waals surface area contributed by atoms with Crippen molar-refractivity contribution in [1.29, 1.82) is 0 Å². The van der Waals surface area contributed by atoms with Crippen LogP contribution in [0.25, 0.3) is 0 Å². The summed E-state index contributed by atoms with van der Waals surface area (Å²) in [5.74, 6) is 2.67.